The monoisotopic (exact) mass is 207 g/mol. The zero-order valence-corrected chi connectivity index (χ0v) is 8.80. The summed E-state index contributed by atoms with van der Waals surface area (Å²) in [5, 5.41) is 0.534. The van der Waals surface area contributed by atoms with Crippen molar-refractivity contribution in [2.45, 2.75) is 6.92 Å². The van der Waals surface area contributed by atoms with E-state index in [0.29, 0.717) is 5.56 Å². The number of aromatic nitrogens is 1. The summed E-state index contributed by atoms with van der Waals surface area (Å²) >= 11 is 5.55. The average Bonchev–Trinajstić information content (AvgIpc) is 2.41. The number of hydrogen-bond donors (Lipinski definition) is 0. The lowest BCUT2D eigenvalue weighted by molar-refractivity contribution is 0.108. The van der Waals surface area contributed by atoms with Crippen molar-refractivity contribution in [3.63, 3.8) is 0 Å². The summed E-state index contributed by atoms with van der Waals surface area (Å²) in [6.07, 6.45) is 0. The Hall–Kier alpha value is -1.28. The van der Waals surface area contributed by atoms with Gasteiger partial charge in [0.25, 0.3) is 5.24 Å². The molecule has 1 aromatic heterocycles. The van der Waals surface area contributed by atoms with Crippen molar-refractivity contribution in [3.05, 3.63) is 35.5 Å². The Morgan fingerprint density at radius 3 is 2.64 bits per heavy atom. The second kappa shape index (κ2) is 3.14. The number of carbonyl (C=O) groups excluding carboxylic acids is 1. The third-order valence-corrected chi connectivity index (χ3v) is 2.79. The fourth-order valence-corrected chi connectivity index (χ4v) is 2.01. The zero-order valence-electron chi connectivity index (χ0n) is 8.04. The maximum Gasteiger partial charge on any atom is 0.254 e. The van der Waals surface area contributed by atoms with Gasteiger partial charge in [0.2, 0.25) is 0 Å². The van der Waals surface area contributed by atoms with Crippen LogP contribution in [0.5, 0.6) is 0 Å². The molecule has 2 nitrogen and oxygen atoms in total. The van der Waals surface area contributed by atoms with Gasteiger partial charge in [-0.05, 0) is 24.6 Å². The zero-order chi connectivity index (χ0) is 10.3. The van der Waals surface area contributed by atoms with Crippen molar-refractivity contribution in [1.29, 1.82) is 0 Å². The van der Waals surface area contributed by atoms with E-state index in [-0.39, 0.29) is 5.24 Å². The Morgan fingerprint density at radius 2 is 2.00 bits per heavy atom. The molecule has 0 saturated carbocycles. The molecule has 2 aromatic rings. The molecule has 0 radical (unpaired) electrons. The molecule has 0 aliphatic heterocycles. The van der Waals surface area contributed by atoms with E-state index in [1.54, 1.807) is 0 Å². The molecule has 0 N–H and O–H groups in total. The van der Waals surface area contributed by atoms with Crippen LogP contribution in [-0.2, 0) is 7.05 Å². The summed E-state index contributed by atoms with van der Waals surface area (Å²) < 4.78 is 1.98. The summed E-state index contributed by atoms with van der Waals surface area (Å²) in [4.78, 5) is 11.2. The minimum Gasteiger partial charge on any atom is -0.347 e. The first-order valence-corrected chi connectivity index (χ1v) is 4.74. The Kier molecular flexibility index (Phi) is 2.08. The van der Waals surface area contributed by atoms with Crippen molar-refractivity contribution < 1.29 is 4.79 Å². The molecule has 0 aliphatic carbocycles. The first-order chi connectivity index (χ1) is 6.63. The number of halogens is 1. The second-order valence-corrected chi connectivity index (χ2v) is 3.65. The van der Waals surface area contributed by atoms with Crippen molar-refractivity contribution in [2.24, 2.45) is 7.05 Å². The van der Waals surface area contributed by atoms with Crippen molar-refractivity contribution in [1.82, 2.24) is 4.57 Å². The number of carbonyl (C=O) groups is 1. The van der Waals surface area contributed by atoms with E-state index in [0.717, 1.165) is 16.6 Å². The van der Waals surface area contributed by atoms with Gasteiger partial charge in [0, 0.05) is 23.6 Å². The van der Waals surface area contributed by atoms with E-state index in [9.17, 15) is 4.79 Å². The predicted molar refractivity (Wildman–Crippen MR) is 57.8 cm³/mol. The van der Waals surface area contributed by atoms with E-state index < -0.39 is 0 Å². The fraction of sp³-hybridized carbons (Fsp3) is 0.182. The summed E-state index contributed by atoms with van der Waals surface area (Å²) in [5.74, 6) is 0. The SMILES string of the molecule is Cc1c(C(=O)Cl)c2ccccc2n1C. The first kappa shape index (κ1) is 9.28. The number of hydrogen-bond acceptors (Lipinski definition) is 1. The van der Waals surface area contributed by atoms with E-state index in [1.807, 2.05) is 42.8 Å². The fourth-order valence-electron chi connectivity index (χ4n) is 1.77. The summed E-state index contributed by atoms with van der Waals surface area (Å²) in [6.45, 7) is 1.90. The predicted octanol–water partition coefficient (Wildman–Crippen LogP) is 2.87. The van der Waals surface area contributed by atoms with Crippen LogP contribution in [0.25, 0.3) is 10.9 Å². The molecule has 0 saturated heterocycles. The Morgan fingerprint density at radius 1 is 1.36 bits per heavy atom. The summed E-state index contributed by atoms with van der Waals surface area (Å²) in [7, 11) is 1.93. The third-order valence-electron chi connectivity index (χ3n) is 2.60. The number of benzene rings is 1. The van der Waals surface area contributed by atoms with Gasteiger partial charge in [-0.2, -0.15) is 0 Å². The first-order valence-electron chi connectivity index (χ1n) is 4.36. The molecule has 0 unspecified atom stereocenters. The number of fused-ring (bicyclic) bond motifs is 1. The topological polar surface area (TPSA) is 22.0 Å². The Labute approximate surface area is 87.1 Å². The average molecular weight is 208 g/mol. The van der Waals surface area contributed by atoms with E-state index in [4.69, 9.17) is 11.6 Å². The molecular weight excluding hydrogens is 198 g/mol. The number of aryl methyl sites for hydroxylation is 1. The van der Waals surface area contributed by atoms with E-state index in [2.05, 4.69) is 0 Å². The minimum atomic E-state index is -0.390. The van der Waals surface area contributed by atoms with Crippen molar-refractivity contribution >= 4 is 27.7 Å². The maximum absolute atomic E-state index is 11.2. The molecule has 0 amide bonds. The van der Waals surface area contributed by atoms with Crippen LogP contribution in [0, 0.1) is 6.92 Å². The van der Waals surface area contributed by atoms with Gasteiger partial charge >= 0.3 is 0 Å². The quantitative estimate of drug-likeness (QED) is 0.660. The van der Waals surface area contributed by atoms with Crippen LogP contribution < -0.4 is 0 Å². The highest BCUT2D eigenvalue weighted by atomic mass is 35.5. The molecule has 0 bridgehead atoms. The lowest BCUT2D eigenvalue weighted by atomic mass is 10.1. The van der Waals surface area contributed by atoms with E-state index >= 15 is 0 Å². The molecule has 0 spiro atoms. The summed E-state index contributed by atoms with van der Waals surface area (Å²) in [5.41, 5.74) is 2.56. The highest BCUT2D eigenvalue weighted by molar-refractivity contribution is 6.68. The van der Waals surface area contributed by atoms with Gasteiger partial charge < -0.3 is 4.57 Å². The number of nitrogens with zero attached hydrogens (tertiary/aromatic N) is 1. The number of rotatable bonds is 1. The van der Waals surface area contributed by atoms with Gasteiger partial charge in [-0.25, -0.2) is 0 Å². The Balaban J connectivity index is 2.95. The van der Waals surface area contributed by atoms with Gasteiger partial charge in [0.1, 0.15) is 0 Å². The van der Waals surface area contributed by atoms with Crippen molar-refractivity contribution in [3.8, 4) is 0 Å². The molecular formula is C11H10ClNO. The lowest BCUT2D eigenvalue weighted by Gasteiger charge is -1.97. The number of para-hydroxylation sites is 1. The smallest absolute Gasteiger partial charge is 0.254 e. The van der Waals surface area contributed by atoms with E-state index in [1.165, 1.54) is 0 Å². The highest BCUT2D eigenvalue weighted by Gasteiger charge is 2.15. The highest BCUT2D eigenvalue weighted by Crippen LogP contribution is 2.25. The second-order valence-electron chi connectivity index (χ2n) is 3.31. The van der Waals surface area contributed by atoms with Crippen LogP contribution in [0.3, 0.4) is 0 Å². The van der Waals surface area contributed by atoms with Gasteiger partial charge in [-0.3, -0.25) is 4.79 Å². The Bertz CT molecular complexity index is 513. The van der Waals surface area contributed by atoms with Crippen LogP contribution >= 0.6 is 11.6 Å². The normalized spacial score (nSPS) is 10.8. The molecule has 14 heavy (non-hydrogen) atoms. The third kappa shape index (κ3) is 1.15. The molecule has 3 heteroatoms. The summed E-state index contributed by atoms with van der Waals surface area (Å²) in [6, 6.07) is 7.75. The molecule has 1 heterocycles. The van der Waals surface area contributed by atoms with Crippen LogP contribution in [0.15, 0.2) is 24.3 Å². The molecule has 0 aliphatic rings. The van der Waals surface area contributed by atoms with Gasteiger partial charge in [-0.15, -0.1) is 0 Å². The van der Waals surface area contributed by atoms with Crippen LogP contribution in [-0.4, -0.2) is 9.81 Å². The maximum atomic E-state index is 11.2. The molecule has 0 atom stereocenters. The van der Waals surface area contributed by atoms with Crippen LogP contribution in [0.1, 0.15) is 16.1 Å². The van der Waals surface area contributed by atoms with Gasteiger partial charge in [-0.1, -0.05) is 18.2 Å². The van der Waals surface area contributed by atoms with Crippen molar-refractivity contribution in [2.75, 3.05) is 0 Å². The molecule has 0 fully saturated rings. The molecule has 2 rings (SSSR count). The standard InChI is InChI=1S/C11H10ClNO/c1-7-10(11(12)14)8-5-3-4-6-9(8)13(7)2/h3-6H,1-2H3. The van der Waals surface area contributed by atoms with Gasteiger partial charge in [0.05, 0.1) is 5.56 Å². The van der Waals surface area contributed by atoms with Gasteiger partial charge in [0.15, 0.2) is 0 Å². The van der Waals surface area contributed by atoms with Crippen LogP contribution in [0.2, 0.25) is 0 Å². The largest absolute Gasteiger partial charge is 0.347 e. The molecule has 1 aromatic carbocycles. The lowest BCUT2D eigenvalue weighted by Crippen LogP contribution is -1.94. The molecule has 72 valence electrons. The van der Waals surface area contributed by atoms with Crippen LogP contribution in [0.4, 0.5) is 0 Å². The minimum absolute atomic E-state index is 0.390.